The molecule has 3 heterocycles. The van der Waals surface area contributed by atoms with Gasteiger partial charge in [-0.25, -0.2) is 9.40 Å². The fraction of sp³-hybridized carbons (Fsp3) is 0.130. The number of carbonyl (C=O) groups is 1. The molecule has 1 amide bonds. The molecule has 1 unspecified atom stereocenters. The number of fused-ring (bicyclic) bond motifs is 1. The lowest BCUT2D eigenvalue weighted by atomic mass is 10.1. The lowest BCUT2D eigenvalue weighted by Crippen LogP contribution is -2.32. The van der Waals surface area contributed by atoms with Crippen LogP contribution in [0.2, 0.25) is 0 Å². The number of benzene rings is 2. The topological polar surface area (TPSA) is 71.0 Å². The van der Waals surface area contributed by atoms with Gasteiger partial charge in [-0.15, -0.1) is 0 Å². The van der Waals surface area contributed by atoms with Gasteiger partial charge in [0.05, 0.1) is 12.8 Å². The molecule has 1 atom stereocenters. The van der Waals surface area contributed by atoms with Gasteiger partial charge in [-0.2, -0.15) is 5.10 Å². The SMILES string of the molecule is O=C(CNc1ccc(F)cc1)N1N=C(c2cc3ccccc3o2)CC1c1ccco1. The van der Waals surface area contributed by atoms with Gasteiger partial charge in [0.2, 0.25) is 0 Å². The van der Waals surface area contributed by atoms with Crippen molar-refractivity contribution in [1.82, 2.24) is 5.01 Å². The van der Waals surface area contributed by atoms with Crippen LogP contribution in [0.4, 0.5) is 10.1 Å². The molecule has 30 heavy (non-hydrogen) atoms. The molecule has 0 saturated heterocycles. The highest BCUT2D eigenvalue weighted by Gasteiger charge is 2.35. The Labute approximate surface area is 171 Å². The third-order valence-electron chi connectivity index (χ3n) is 5.04. The molecule has 5 rings (SSSR count). The molecular weight excluding hydrogens is 385 g/mol. The normalized spacial score (nSPS) is 16.1. The summed E-state index contributed by atoms with van der Waals surface area (Å²) < 4.78 is 24.6. The number of furan rings is 2. The van der Waals surface area contributed by atoms with E-state index in [-0.39, 0.29) is 24.3 Å². The van der Waals surface area contributed by atoms with E-state index in [9.17, 15) is 9.18 Å². The second-order valence-corrected chi connectivity index (χ2v) is 7.03. The number of nitrogens with zero attached hydrogens (tertiary/aromatic N) is 2. The van der Waals surface area contributed by atoms with Crippen molar-refractivity contribution in [2.45, 2.75) is 12.5 Å². The molecule has 0 fully saturated rings. The molecular formula is C23H18FN3O3. The number of amides is 1. The fourth-order valence-corrected chi connectivity index (χ4v) is 3.54. The Morgan fingerprint density at radius 3 is 2.73 bits per heavy atom. The van der Waals surface area contributed by atoms with Crippen molar-refractivity contribution in [1.29, 1.82) is 0 Å². The van der Waals surface area contributed by atoms with Crippen LogP contribution in [0.25, 0.3) is 11.0 Å². The Morgan fingerprint density at radius 2 is 1.97 bits per heavy atom. The van der Waals surface area contributed by atoms with Crippen molar-refractivity contribution in [3.63, 3.8) is 0 Å². The first-order valence-electron chi connectivity index (χ1n) is 9.59. The monoisotopic (exact) mass is 403 g/mol. The zero-order chi connectivity index (χ0) is 20.5. The van der Waals surface area contributed by atoms with Gasteiger partial charge in [0, 0.05) is 17.5 Å². The summed E-state index contributed by atoms with van der Waals surface area (Å²) in [5.74, 6) is 0.728. The number of halogens is 1. The minimum atomic E-state index is -0.356. The Kier molecular flexibility index (Phi) is 4.55. The summed E-state index contributed by atoms with van der Waals surface area (Å²) in [7, 11) is 0. The largest absolute Gasteiger partial charge is 0.467 e. The third kappa shape index (κ3) is 3.45. The molecule has 2 aromatic carbocycles. The minimum Gasteiger partial charge on any atom is -0.467 e. The maximum Gasteiger partial charge on any atom is 0.262 e. The minimum absolute atomic E-state index is 0.0136. The van der Waals surface area contributed by atoms with E-state index in [1.807, 2.05) is 36.4 Å². The number of hydrogen-bond acceptors (Lipinski definition) is 5. The van der Waals surface area contributed by atoms with Crippen LogP contribution in [0.5, 0.6) is 0 Å². The number of nitrogens with one attached hydrogen (secondary N) is 1. The molecule has 1 aliphatic rings. The van der Waals surface area contributed by atoms with E-state index >= 15 is 0 Å². The summed E-state index contributed by atoms with van der Waals surface area (Å²) in [6.07, 6.45) is 2.06. The molecule has 0 saturated carbocycles. The van der Waals surface area contributed by atoms with Crippen molar-refractivity contribution in [2.75, 3.05) is 11.9 Å². The lowest BCUT2D eigenvalue weighted by molar-refractivity contribution is -0.131. The Bertz CT molecular complexity index is 1180. The van der Waals surface area contributed by atoms with Crippen LogP contribution < -0.4 is 5.32 Å². The van der Waals surface area contributed by atoms with Gasteiger partial charge in [0.15, 0.2) is 5.76 Å². The summed E-state index contributed by atoms with van der Waals surface area (Å²) in [6, 6.07) is 18.8. The van der Waals surface area contributed by atoms with Crippen LogP contribution in [-0.2, 0) is 4.79 Å². The van der Waals surface area contributed by atoms with E-state index in [0.29, 0.717) is 29.3 Å². The molecule has 2 aromatic heterocycles. The third-order valence-corrected chi connectivity index (χ3v) is 5.04. The average Bonchev–Trinajstić information content (AvgIpc) is 3.51. The zero-order valence-electron chi connectivity index (χ0n) is 15.9. The number of anilines is 1. The van der Waals surface area contributed by atoms with E-state index < -0.39 is 0 Å². The van der Waals surface area contributed by atoms with Crippen LogP contribution in [-0.4, -0.2) is 23.2 Å². The molecule has 1 N–H and O–H groups in total. The second-order valence-electron chi connectivity index (χ2n) is 7.03. The molecule has 6 nitrogen and oxygen atoms in total. The molecule has 0 spiro atoms. The summed E-state index contributed by atoms with van der Waals surface area (Å²) in [4.78, 5) is 13.0. The highest BCUT2D eigenvalue weighted by atomic mass is 19.1. The lowest BCUT2D eigenvalue weighted by Gasteiger charge is -2.20. The highest BCUT2D eigenvalue weighted by molar-refractivity contribution is 6.03. The maximum atomic E-state index is 13.1. The quantitative estimate of drug-likeness (QED) is 0.512. The van der Waals surface area contributed by atoms with Gasteiger partial charge >= 0.3 is 0 Å². The van der Waals surface area contributed by atoms with E-state index in [1.54, 1.807) is 24.5 Å². The van der Waals surface area contributed by atoms with Gasteiger partial charge in [-0.1, -0.05) is 18.2 Å². The van der Waals surface area contributed by atoms with E-state index in [0.717, 1.165) is 11.0 Å². The summed E-state index contributed by atoms with van der Waals surface area (Å²) >= 11 is 0. The second kappa shape index (κ2) is 7.51. The Morgan fingerprint density at radius 1 is 1.13 bits per heavy atom. The molecule has 7 heteroatoms. The molecule has 0 bridgehead atoms. The molecule has 1 aliphatic heterocycles. The van der Waals surface area contributed by atoms with Crippen molar-refractivity contribution in [2.24, 2.45) is 5.10 Å². The Balaban J connectivity index is 1.40. The predicted molar refractivity (Wildman–Crippen MR) is 111 cm³/mol. The van der Waals surface area contributed by atoms with E-state index in [2.05, 4.69) is 10.4 Å². The maximum absolute atomic E-state index is 13.1. The summed E-state index contributed by atoms with van der Waals surface area (Å²) in [5.41, 5.74) is 2.11. The first-order valence-corrected chi connectivity index (χ1v) is 9.59. The summed E-state index contributed by atoms with van der Waals surface area (Å²) in [5, 5.41) is 9.98. The number of hydrogen-bond donors (Lipinski definition) is 1. The van der Waals surface area contributed by atoms with Gasteiger partial charge < -0.3 is 14.2 Å². The van der Waals surface area contributed by atoms with Crippen molar-refractivity contribution in [3.05, 3.63) is 90.3 Å². The van der Waals surface area contributed by atoms with Gasteiger partial charge in [-0.05, 0) is 48.5 Å². The van der Waals surface area contributed by atoms with Crippen LogP contribution in [0, 0.1) is 5.82 Å². The van der Waals surface area contributed by atoms with Crippen molar-refractivity contribution >= 4 is 28.3 Å². The standard InChI is InChI=1S/C23H18FN3O3/c24-16-7-9-17(10-8-16)25-14-23(28)27-19(21-6-3-11-29-21)13-18(26-27)22-12-15-4-1-2-5-20(15)30-22/h1-12,19,25H,13-14H2. The van der Waals surface area contributed by atoms with E-state index in [4.69, 9.17) is 8.83 Å². The molecule has 0 aliphatic carbocycles. The van der Waals surface area contributed by atoms with E-state index in [1.165, 1.54) is 17.1 Å². The zero-order valence-corrected chi connectivity index (χ0v) is 15.9. The van der Waals surface area contributed by atoms with Crippen LogP contribution >= 0.6 is 0 Å². The highest BCUT2D eigenvalue weighted by Crippen LogP contribution is 2.34. The van der Waals surface area contributed by atoms with Crippen LogP contribution in [0.1, 0.15) is 24.0 Å². The molecule has 4 aromatic rings. The first-order chi connectivity index (χ1) is 14.7. The number of para-hydroxylation sites is 1. The number of rotatable bonds is 5. The predicted octanol–water partition coefficient (Wildman–Crippen LogP) is 4.95. The number of hydrazone groups is 1. The van der Waals surface area contributed by atoms with Crippen molar-refractivity contribution in [3.8, 4) is 0 Å². The van der Waals surface area contributed by atoms with Gasteiger partial charge in [-0.3, -0.25) is 4.79 Å². The number of carbonyl (C=O) groups excluding carboxylic acids is 1. The van der Waals surface area contributed by atoms with Crippen molar-refractivity contribution < 1.29 is 18.0 Å². The Hall–Kier alpha value is -3.87. The molecule has 0 radical (unpaired) electrons. The molecule has 150 valence electrons. The first kappa shape index (κ1) is 18.2. The van der Waals surface area contributed by atoms with Gasteiger partial charge in [0.25, 0.3) is 5.91 Å². The average molecular weight is 403 g/mol. The van der Waals surface area contributed by atoms with Gasteiger partial charge in [0.1, 0.15) is 28.9 Å². The smallest absolute Gasteiger partial charge is 0.262 e. The van der Waals surface area contributed by atoms with Crippen LogP contribution in [0.15, 0.2) is 86.9 Å². The summed E-state index contributed by atoms with van der Waals surface area (Å²) in [6.45, 7) is 0.0136. The fourth-order valence-electron chi connectivity index (χ4n) is 3.54. The van der Waals surface area contributed by atoms with Crippen LogP contribution in [0.3, 0.4) is 0 Å².